The molecule has 0 aromatic heterocycles. The first kappa shape index (κ1) is 27.5. The van der Waals surface area contributed by atoms with Crippen LogP contribution in [0.1, 0.15) is 50.3 Å². The predicted octanol–water partition coefficient (Wildman–Crippen LogP) is 5.09. The number of nitrogens with zero attached hydrogens (tertiary/aromatic N) is 2. The summed E-state index contributed by atoms with van der Waals surface area (Å²) in [6.45, 7) is 5.26. The molecule has 6 nitrogen and oxygen atoms in total. The van der Waals surface area contributed by atoms with Crippen molar-refractivity contribution in [1.82, 2.24) is 10.2 Å². The SMILES string of the molecule is CN1C=C(OCCCC(=O)OC(C)(C)C)C=NC1NCc1cc(C(F)(F)F)cc(C(F)(F)F)c1. The van der Waals surface area contributed by atoms with Crippen LogP contribution in [0.4, 0.5) is 26.3 Å². The van der Waals surface area contributed by atoms with Gasteiger partial charge in [0.05, 0.1) is 23.9 Å². The average molecular weight is 495 g/mol. The number of halogens is 6. The molecule has 0 bridgehead atoms. The van der Waals surface area contributed by atoms with Crippen LogP contribution in [0.25, 0.3) is 0 Å². The first-order valence-electron chi connectivity index (χ1n) is 10.4. The highest BCUT2D eigenvalue weighted by atomic mass is 19.4. The summed E-state index contributed by atoms with van der Waals surface area (Å²) >= 11 is 0. The molecule has 0 aliphatic carbocycles. The zero-order chi connectivity index (χ0) is 25.7. The Hall–Kier alpha value is -2.76. The molecular formula is C22H27F6N3O3. The molecule has 1 atom stereocenters. The van der Waals surface area contributed by atoms with E-state index in [1.165, 1.54) is 6.21 Å². The summed E-state index contributed by atoms with van der Waals surface area (Å²) in [6.07, 6.45) is -6.98. The number of allylic oxidation sites excluding steroid dienone is 1. The zero-order valence-corrected chi connectivity index (χ0v) is 19.2. The molecule has 0 spiro atoms. The van der Waals surface area contributed by atoms with Gasteiger partial charge in [0.2, 0.25) is 0 Å². The lowest BCUT2D eigenvalue weighted by molar-refractivity contribution is -0.155. The number of hydrogen-bond donors (Lipinski definition) is 1. The maximum Gasteiger partial charge on any atom is 0.416 e. The Bertz CT molecular complexity index is 888. The van der Waals surface area contributed by atoms with E-state index in [0.29, 0.717) is 24.3 Å². The van der Waals surface area contributed by atoms with Crippen molar-refractivity contribution < 1.29 is 40.6 Å². The summed E-state index contributed by atoms with van der Waals surface area (Å²) < 4.78 is 88.8. The number of aliphatic imine (C=N–C) groups is 1. The summed E-state index contributed by atoms with van der Waals surface area (Å²) in [6, 6.07) is 1.43. The second-order valence-corrected chi connectivity index (χ2v) is 8.68. The predicted molar refractivity (Wildman–Crippen MR) is 112 cm³/mol. The number of nitrogens with one attached hydrogen (secondary N) is 1. The van der Waals surface area contributed by atoms with Crippen LogP contribution < -0.4 is 5.32 Å². The van der Waals surface area contributed by atoms with Crippen molar-refractivity contribution in [2.45, 2.75) is 64.4 Å². The normalized spacial score (nSPS) is 16.9. The molecule has 34 heavy (non-hydrogen) atoms. The Morgan fingerprint density at radius 3 is 2.15 bits per heavy atom. The Labute approximate surface area is 193 Å². The number of carbonyl (C=O) groups excluding carboxylic acids is 1. The van der Waals surface area contributed by atoms with Crippen LogP contribution in [0.2, 0.25) is 0 Å². The van der Waals surface area contributed by atoms with E-state index in [4.69, 9.17) is 9.47 Å². The lowest BCUT2D eigenvalue weighted by Gasteiger charge is -2.28. The van der Waals surface area contributed by atoms with Gasteiger partial charge in [-0.1, -0.05) is 0 Å². The third kappa shape index (κ3) is 8.88. The molecule has 1 unspecified atom stereocenters. The second-order valence-electron chi connectivity index (χ2n) is 8.68. The highest BCUT2D eigenvalue weighted by Crippen LogP contribution is 2.36. The van der Waals surface area contributed by atoms with Crippen LogP contribution in [0.15, 0.2) is 35.2 Å². The number of esters is 1. The maximum absolute atomic E-state index is 13.0. The van der Waals surface area contributed by atoms with Crippen LogP contribution in [0, 0.1) is 0 Å². The van der Waals surface area contributed by atoms with Crippen molar-refractivity contribution in [1.29, 1.82) is 0 Å². The van der Waals surface area contributed by atoms with Crippen LogP contribution in [0.5, 0.6) is 0 Å². The average Bonchev–Trinajstić information content (AvgIpc) is 2.67. The topological polar surface area (TPSA) is 63.2 Å². The molecule has 0 fully saturated rings. The quantitative estimate of drug-likeness (QED) is 0.309. The van der Waals surface area contributed by atoms with Gasteiger partial charge in [-0.3, -0.25) is 10.1 Å². The third-order valence-electron chi connectivity index (χ3n) is 4.41. The Morgan fingerprint density at radius 2 is 1.65 bits per heavy atom. The molecule has 12 heteroatoms. The van der Waals surface area contributed by atoms with E-state index in [-0.39, 0.29) is 37.2 Å². The molecule has 1 N–H and O–H groups in total. The Balaban J connectivity index is 1.90. The van der Waals surface area contributed by atoms with E-state index in [1.54, 1.807) is 38.9 Å². The fraction of sp³-hybridized carbons (Fsp3) is 0.545. The second kappa shape index (κ2) is 10.7. The van der Waals surface area contributed by atoms with E-state index in [9.17, 15) is 31.1 Å². The van der Waals surface area contributed by atoms with Gasteiger partial charge in [-0.15, -0.1) is 0 Å². The van der Waals surface area contributed by atoms with Crippen LogP contribution in [0.3, 0.4) is 0 Å². The van der Waals surface area contributed by atoms with Gasteiger partial charge in [-0.25, -0.2) is 4.99 Å². The molecule has 1 aromatic rings. The highest BCUT2D eigenvalue weighted by molar-refractivity contribution is 5.76. The summed E-state index contributed by atoms with van der Waals surface area (Å²) in [7, 11) is 1.62. The first-order chi connectivity index (χ1) is 15.5. The van der Waals surface area contributed by atoms with Gasteiger partial charge in [0, 0.05) is 26.2 Å². The molecule has 1 aliphatic heterocycles. The number of benzene rings is 1. The van der Waals surface area contributed by atoms with Crippen LogP contribution in [-0.2, 0) is 33.2 Å². The number of carbonyl (C=O) groups is 1. The number of alkyl halides is 6. The molecule has 0 saturated heterocycles. The lowest BCUT2D eigenvalue weighted by atomic mass is 10.0. The molecule has 1 aliphatic rings. The van der Waals surface area contributed by atoms with Crippen molar-refractivity contribution in [2.75, 3.05) is 13.7 Å². The molecule has 2 rings (SSSR count). The van der Waals surface area contributed by atoms with Gasteiger partial charge in [0.1, 0.15) is 5.60 Å². The Morgan fingerprint density at radius 1 is 1.06 bits per heavy atom. The van der Waals surface area contributed by atoms with Crippen LogP contribution in [-0.4, -0.2) is 42.6 Å². The van der Waals surface area contributed by atoms with E-state index in [2.05, 4.69) is 10.3 Å². The van der Waals surface area contributed by atoms with Crippen molar-refractivity contribution in [3.05, 3.63) is 46.8 Å². The highest BCUT2D eigenvalue weighted by Gasteiger charge is 2.36. The first-order valence-corrected chi connectivity index (χ1v) is 10.4. The van der Waals surface area contributed by atoms with Gasteiger partial charge in [-0.2, -0.15) is 26.3 Å². The van der Waals surface area contributed by atoms with Gasteiger partial charge < -0.3 is 14.4 Å². The van der Waals surface area contributed by atoms with Crippen molar-refractivity contribution in [2.24, 2.45) is 4.99 Å². The molecule has 190 valence electrons. The molecule has 1 aromatic carbocycles. The van der Waals surface area contributed by atoms with Gasteiger partial charge in [-0.05, 0) is 51.0 Å². The standard InChI is InChI=1S/C22H27F6N3O3/c1-20(2,3)34-18(32)6-5-7-33-17-12-30-19(31(4)13-17)29-11-14-8-15(21(23,24)25)10-16(9-14)22(26,27)28/h8-10,12-13,19,29H,5-7,11H2,1-4H3. The summed E-state index contributed by atoms with van der Waals surface area (Å²) in [4.78, 5) is 17.4. The zero-order valence-electron chi connectivity index (χ0n) is 19.2. The molecular weight excluding hydrogens is 468 g/mol. The van der Waals surface area contributed by atoms with E-state index >= 15 is 0 Å². The number of hydrogen-bond acceptors (Lipinski definition) is 6. The van der Waals surface area contributed by atoms with Crippen molar-refractivity contribution in [3.8, 4) is 0 Å². The number of rotatable bonds is 8. The maximum atomic E-state index is 13.0. The summed E-state index contributed by atoms with van der Waals surface area (Å²) in [5.74, 6) is 0.0511. The fourth-order valence-electron chi connectivity index (χ4n) is 2.95. The fourth-order valence-corrected chi connectivity index (χ4v) is 2.95. The minimum atomic E-state index is -4.91. The summed E-state index contributed by atoms with van der Waals surface area (Å²) in [5.41, 5.74) is -3.49. The van der Waals surface area contributed by atoms with Crippen molar-refractivity contribution >= 4 is 12.2 Å². The smallest absolute Gasteiger partial charge is 0.416 e. The number of ether oxygens (including phenoxy) is 2. The molecule has 0 radical (unpaired) electrons. The third-order valence-corrected chi connectivity index (χ3v) is 4.41. The van der Waals surface area contributed by atoms with E-state index in [1.807, 2.05) is 0 Å². The Kier molecular flexibility index (Phi) is 8.62. The van der Waals surface area contributed by atoms with Crippen molar-refractivity contribution in [3.63, 3.8) is 0 Å². The molecule has 0 amide bonds. The monoisotopic (exact) mass is 495 g/mol. The van der Waals surface area contributed by atoms with E-state index in [0.717, 1.165) is 0 Å². The van der Waals surface area contributed by atoms with Gasteiger partial charge in [0.25, 0.3) is 0 Å². The van der Waals surface area contributed by atoms with Crippen LogP contribution >= 0.6 is 0 Å². The minimum absolute atomic E-state index is 0.0869. The largest absolute Gasteiger partial charge is 0.490 e. The van der Waals surface area contributed by atoms with Gasteiger partial charge >= 0.3 is 18.3 Å². The lowest BCUT2D eigenvalue weighted by Crippen LogP contribution is -2.41. The minimum Gasteiger partial charge on any atom is -0.490 e. The van der Waals surface area contributed by atoms with Gasteiger partial charge in [0.15, 0.2) is 12.0 Å². The van der Waals surface area contributed by atoms with E-state index < -0.39 is 35.4 Å². The summed E-state index contributed by atoms with van der Waals surface area (Å²) in [5, 5.41) is 2.80. The molecule has 0 saturated carbocycles. The molecule has 1 heterocycles.